The highest BCUT2D eigenvalue weighted by molar-refractivity contribution is 5.95. The van der Waals surface area contributed by atoms with Crippen molar-refractivity contribution < 1.29 is 19.1 Å². The van der Waals surface area contributed by atoms with Crippen LogP contribution in [0.1, 0.15) is 21.5 Å². The molecule has 0 aliphatic carbocycles. The summed E-state index contributed by atoms with van der Waals surface area (Å²) in [6.45, 7) is 5.46. The number of ether oxygens (including phenoxy) is 2. The summed E-state index contributed by atoms with van der Waals surface area (Å²) in [7, 11) is 1.62. The summed E-state index contributed by atoms with van der Waals surface area (Å²) in [5.41, 5.74) is 2.12. The van der Waals surface area contributed by atoms with Gasteiger partial charge in [-0.25, -0.2) is 4.79 Å². The van der Waals surface area contributed by atoms with Gasteiger partial charge in [0.05, 0.1) is 7.11 Å². The van der Waals surface area contributed by atoms with E-state index < -0.39 is 5.54 Å². The van der Waals surface area contributed by atoms with Gasteiger partial charge in [-0.3, -0.25) is 9.69 Å². The molecule has 30 heavy (non-hydrogen) atoms. The number of fused-ring (bicyclic) bond motifs is 1. The second kappa shape index (κ2) is 8.22. The number of cyclic esters (lactones) is 1. The van der Waals surface area contributed by atoms with E-state index in [1.807, 2.05) is 47.4 Å². The molecular weight excluding hydrogens is 380 g/mol. The second-order valence-corrected chi connectivity index (χ2v) is 7.84. The average Bonchev–Trinajstić information content (AvgIpc) is 3.09. The van der Waals surface area contributed by atoms with E-state index in [2.05, 4.69) is 6.58 Å². The first-order chi connectivity index (χ1) is 14.6. The zero-order valence-corrected chi connectivity index (χ0v) is 17.2. The first kappa shape index (κ1) is 20.0. The fraction of sp³-hybridized carbons (Fsp3) is 0.333. The topological polar surface area (TPSA) is 59.1 Å². The number of rotatable bonds is 6. The third kappa shape index (κ3) is 3.65. The lowest BCUT2D eigenvalue weighted by atomic mass is 9.88. The number of methoxy groups -OCH3 is 1. The minimum Gasteiger partial charge on any atom is -0.496 e. The first-order valence-electron chi connectivity index (χ1n) is 10.1. The van der Waals surface area contributed by atoms with Crippen LogP contribution in [0, 0.1) is 0 Å². The number of allylic oxidation sites excluding steroid dienone is 1. The molecule has 0 saturated carbocycles. The van der Waals surface area contributed by atoms with E-state index in [9.17, 15) is 9.59 Å². The zero-order valence-electron chi connectivity index (χ0n) is 17.2. The van der Waals surface area contributed by atoms with Crippen molar-refractivity contribution in [2.45, 2.75) is 18.4 Å². The monoisotopic (exact) mass is 406 g/mol. The summed E-state index contributed by atoms with van der Waals surface area (Å²) in [5, 5.41) is 0. The highest BCUT2D eigenvalue weighted by Crippen LogP contribution is 2.33. The molecule has 0 bridgehead atoms. The number of carbonyl (C=O) groups excluding carboxylic acids is 2. The lowest BCUT2D eigenvalue weighted by Gasteiger charge is -2.44. The summed E-state index contributed by atoms with van der Waals surface area (Å²) in [6.07, 6.45) is 2.77. The lowest BCUT2D eigenvalue weighted by Crippen LogP contribution is -2.63. The van der Waals surface area contributed by atoms with Crippen LogP contribution in [0.2, 0.25) is 0 Å². The van der Waals surface area contributed by atoms with E-state index >= 15 is 0 Å². The molecule has 6 heteroatoms. The molecule has 2 fully saturated rings. The van der Waals surface area contributed by atoms with E-state index in [0.717, 1.165) is 16.9 Å². The van der Waals surface area contributed by atoms with Gasteiger partial charge >= 0.3 is 6.09 Å². The minimum absolute atomic E-state index is 0.0469. The highest BCUT2D eigenvalue weighted by atomic mass is 16.6. The predicted molar refractivity (Wildman–Crippen MR) is 114 cm³/mol. The number of carbonyl (C=O) groups is 2. The van der Waals surface area contributed by atoms with Crippen LogP contribution in [0.4, 0.5) is 4.79 Å². The van der Waals surface area contributed by atoms with Gasteiger partial charge in [0.25, 0.3) is 5.91 Å². The number of nitrogens with zero attached hydrogens (tertiary/aromatic N) is 2. The van der Waals surface area contributed by atoms with Crippen molar-refractivity contribution in [2.75, 3.05) is 33.4 Å². The molecule has 2 aromatic carbocycles. The van der Waals surface area contributed by atoms with Crippen LogP contribution in [-0.2, 0) is 17.6 Å². The van der Waals surface area contributed by atoms with Gasteiger partial charge in [-0.05, 0) is 35.7 Å². The largest absolute Gasteiger partial charge is 0.496 e. The summed E-state index contributed by atoms with van der Waals surface area (Å²) in [4.78, 5) is 29.3. The Morgan fingerprint density at radius 2 is 2.03 bits per heavy atom. The summed E-state index contributed by atoms with van der Waals surface area (Å²) in [5.74, 6) is 0.695. The zero-order chi connectivity index (χ0) is 21.1. The van der Waals surface area contributed by atoms with Crippen LogP contribution in [0.15, 0.2) is 61.2 Å². The lowest BCUT2D eigenvalue weighted by molar-refractivity contribution is 0.0375. The van der Waals surface area contributed by atoms with Gasteiger partial charge in [0, 0.05) is 31.6 Å². The number of piperazine rings is 1. The van der Waals surface area contributed by atoms with E-state index in [-0.39, 0.29) is 18.6 Å². The molecule has 0 N–H and O–H groups in total. The SMILES string of the molecule is C=CCc1cc(C(=O)N2CCN3C(=O)OCC3(Cc3ccccc3)C2)ccc1OC. The normalized spacial score (nSPS) is 20.5. The molecule has 0 spiro atoms. The Morgan fingerprint density at radius 3 is 2.77 bits per heavy atom. The maximum absolute atomic E-state index is 13.3. The Morgan fingerprint density at radius 1 is 1.23 bits per heavy atom. The summed E-state index contributed by atoms with van der Waals surface area (Å²) in [6, 6.07) is 15.5. The van der Waals surface area contributed by atoms with Crippen molar-refractivity contribution in [1.29, 1.82) is 0 Å². The Kier molecular flexibility index (Phi) is 5.48. The van der Waals surface area contributed by atoms with Crippen molar-refractivity contribution >= 4 is 12.0 Å². The number of benzene rings is 2. The fourth-order valence-electron chi connectivity index (χ4n) is 4.42. The van der Waals surface area contributed by atoms with E-state index in [4.69, 9.17) is 9.47 Å². The molecule has 6 nitrogen and oxygen atoms in total. The fourth-order valence-corrected chi connectivity index (χ4v) is 4.42. The first-order valence-corrected chi connectivity index (χ1v) is 10.1. The molecule has 1 atom stereocenters. The molecule has 1 unspecified atom stereocenters. The Labute approximate surface area is 176 Å². The average molecular weight is 406 g/mol. The van der Waals surface area contributed by atoms with Gasteiger partial charge in [-0.2, -0.15) is 0 Å². The molecule has 156 valence electrons. The number of hydrogen-bond donors (Lipinski definition) is 0. The van der Waals surface area contributed by atoms with Crippen LogP contribution >= 0.6 is 0 Å². The van der Waals surface area contributed by atoms with Crippen molar-refractivity contribution in [3.8, 4) is 5.75 Å². The van der Waals surface area contributed by atoms with Gasteiger partial charge in [-0.15, -0.1) is 6.58 Å². The summed E-state index contributed by atoms with van der Waals surface area (Å²) < 4.78 is 10.8. The van der Waals surface area contributed by atoms with Gasteiger partial charge in [-0.1, -0.05) is 36.4 Å². The van der Waals surface area contributed by atoms with Crippen LogP contribution < -0.4 is 4.74 Å². The smallest absolute Gasteiger partial charge is 0.410 e. The number of amides is 2. The van der Waals surface area contributed by atoms with Crippen molar-refractivity contribution in [3.05, 3.63) is 77.9 Å². The minimum atomic E-state index is -0.539. The van der Waals surface area contributed by atoms with E-state index in [1.165, 1.54) is 0 Å². The molecule has 4 rings (SSSR count). The van der Waals surface area contributed by atoms with Gasteiger partial charge in [0.15, 0.2) is 0 Å². The molecule has 0 aromatic heterocycles. The van der Waals surface area contributed by atoms with Crippen LogP contribution in [0.3, 0.4) is 0 Å². The van der Waals surface area contributed by atoms with E-state index in [1.54, 1.807) is 24.2 Å². The molecule has 2 aliphatic heterocycles. The second-order valence-electron chi connectivity index (χ2n) is 7.84. The molecule has 2 amide bonds. The Bertz CT molecular complexity index is 959. The molecule has 2 aromatic rings. The Hall–Kier alpha value is -3.28. The molecule has 2 heterocycles. The summed E-state index contributed by atoms with van der Waals surface area (Å²) >= 11 is 0. The van der Waals surface area contributed by atoms with Gasteiger partial charge in [0.1, 0.15) is 17.9 Å². The maximum Gasteiger partial charge on any atom is 0.410 e. The quantitative estimate of drug-likeness (QED) is 0.691. The van der Waals surface area contributed by atoms with Crippen LogP contribution in [0.5, 0.6) is 5.75 Å². The molecule has 2 aliphatic rings. The molecular formula is C24H26N2O4. The number of hydrogen-bond acceptors (Lipinski definition) is 4. The van der Waals surface area contributed by atoms with Gasteiger partial charge in [0.2, 0.25) is 0 Å². The van der Waals surface area contributed by atoms with E-state index in [0.29, 0.717) is 38.0 Å². The van der Waals surface area contributed by atoms with Crippen molar-refractivity contribution in [2.24, 2.45) is 0 Å². The third-order valence-corrected chi connectivity index (χ3v) is 5.89. The highest BCUT2D eigenvalue weighted by Gasteiger charge is 2.51. The maximum atomic E-state index is 13.3. The van der Waals surface area contributed by atoms with Crippen LogP contribution in [0.25, 0.3) is 0 Å². The predicted octanol–water partition coefficient (Wildman–Crippen LogP) is 3.31. The third-order valence-electron chi connectivity index (χ3n) is 5.89. The Balaban J connectivity index is 1.60. The molecule has 2 saturated heterocycles. The molecule has 0 radical (unpaired) electrons. The standard InChI is InChI=1S/C24H26N2O4/c1-3-7-19-14-20(10-11-21(19)29-2)22(27)25-12-13-26-23(28)30-17-24(26,16-25)15-18-8-5-4-6-9-18/h3-6,8-11,14H,1,7,12-13,15-17H2,2H3. The van der Waals surface area contributed by atoms with Crippen molar-refractivity contribution in [1.82, 2.24) is 9.80 Å². The van der Waals surface area contributed by atoms with Gasteiger partial charge < -0.3 is 14.4 Å². The van der Waals surface area contributed by atoms with Crippen LogP contribution in [-0.4, -0.2) is 60.7 Å². The van der Waals surface area contributed by atoms with Crippen molar-refractivity contribution in [3.63, 3.8) is 0 Å².